The maximum atomic E-state index is 12.9. The Morgan fingerprint density at radius 1 is 1.53 bits per heavy atom. The first kappa shape index (κ1) is 14.2. The fourth-order valence-corrected chi connectivity index (χ4v) is 2.32. The summed E-state index contributed by atoms with van der Waals surface area (Å²) in [5, 5.41) is 3.77. The Morgan fingerprint density at radius 2 is 2.21 bits per heavy atom. The Kier molecular flexibility index (Phi) is 4.05. The summed E-state index contributed by atoms with van der Waals surface area (Å²) >= 11 is 8.91. The van der Waals surface area contributed by atoms with Gasteiger partial charge in [0.15, 0.2) is 0 Å². The van der Waals surface area contributed by atoms with E-state index in [0.29, 0.717) is 15.7 Å². The Bertz CT molecular complexity index is 566. The molecule has 0 saturated carbocycles. The van der Waals surface area contributed by atoms with Gasteiger partial charge in [0, 0.05) is 15.6 Å². The summed E-state index contributed by atoms with van der Waals surface area (Å²) in [6.45, 7) is 1.60. The topological polar surface area (TPSA) is 50.7 Å². The van der Waals surface area contributed by atoms with Crippen LogP contribution in [0.2, 0.25) is 5.02 Å². The number of hydrogen-bond acceptors (Lipinski definition) is 3. The van der Waals surface area contributed by atoms with E-state index in [4.69, 9.17) is 16.3 Å². The van der Waals surface area contributed by atoms with Gasteiger partial charge >= 0.3 is 6.09 Å². The number of cyclic esters (lactones) is 1. The van der Waals surface area contributed by atoms with Gasteiger partial charge in [0.25, 0.3) is 6.43 Å². The first-order chi connectivity index (χ1) is 8.90. The lowest BCUT2D eigenvalue weighted by molar-refractivity contribution is 0.127. The lowest BCUT2D eigenvalue weighted by Gasteiger charge is -2.21. The summed E-state index contributed by atoms with van der Waals surface area (Å²) in [6, 6.07) is 2.78. The third-order valence-corrected chi connectivity index (χ3v) is 3.80. The van der Waals surface area contributed by atoms with Gasteiger partial charge in [-0.15, -0.1) is 0 Å². The van der Waals surface area contributed by atoms with Crippen LogP contribution in [0.5, 0.6) is 0 Å². The third-order valence-electron chi connectivity index (χ3n) is 2.52. The normalized spacial score (nSPS) is 18.9. The van der Waals surface area contributed by atoms with Gasteiger partial charge in [-0.2, -0.15) is 5.10 Å². The summed E-state index contributed by atoms with van der Waals surface area (Å²) in [5.41, 5.74) is 2.58. The number of carbonyl (C=O) groups is 1. The average Bonchev–Trinajstić information content (AvgIpc) is 2.32. The molecule has 1 aliphatic rings. The summed E-state index contributed by atoms with van der Waals surface area (Å²) in [6.07, 6.45) is -4.02. The fraction of sp³-hybridized carbons (Fsp3) is 0.273. The number of hydrogen-bond donors (Lipinski definition) is 1. The monoisotopic (exact) mass is 352 g/mol. The largest absolute Gasteiger partial charge is 0.439 e. The molecule has 0 aliphatic carbocycles. The second kappa shape index (κ2) is 5.42. The second-order valence-corrected chi connectivity index (χ2v) is 5.05. The number of benzene rings is 1. The molecule has 0 radical (unpaired) electrons. The van der Waals surface area contributed by atoms with Crippen molar-refractivity contribution in [2.24, 2.45) is 5.10 Å². The molecule has 102 valence electrons. The second-order valence-electron chi connectivity index (χ2n) is 3.82. The zero-order valence-electron chi connectivity index (χ0n) is 9.58. The number of alkyl halides is 2. The standard InChI is InChI=1S/C11H8BrClF2N2O2/c1-4-9(16-17-11(18)19-4)5-2-6(10(14)15)8(13)7(12)3-5/h2-4,10H,1H3,(H,17,18)/t4-/m0/s1. The maximum Gasteiger partial charge on any atom is 0.428 e. The Hall–Kier alpha value is -1.21. The van der Waals surface area contributed by atoms with Crippen LogP contribution in [-0.2, 0) is 4.74 Å². The quantitative estimate of drug-likeness (QED) is 0.877. The molecule has 0 spiro atoms. The molecule has 0 fully saturated rings. The molecule has 1 aliphatic heterocycles. The highest BCUT2D eigenvalue weighted by Gasteiger charge is 2.25. The van der Waals surface area contributed by atoms with Crippen molar-refractivity contribution in [1.82, 2.24) is 5.43 Å². The number of carbonyl (C=O) groups excluding carboxylic acids is 1. The molecule has 19 heavy (non-hydrogen) atoms. The number of amides is 1. The molecule has 2 rings (SSSR count). The number of hydrazone groups is 1. The van der Waals surface area contributed by atoms with Gasteiger partial charge in [0.1, 0.15) is 11.8 Å². The predicted octanol–water partition coefficient (Wildman–Crippen LogP) is 3.87. The van der Waals surface area contributed by atoms with Gasteiger partial charge in [-0.25, -0.2) is 19.0 Å². The van der Waals surface area contributed by atoms with Crippen LogP contribution in [0, 0.1) is 0 Å². The summed E-state index contributed by atoms with van der Waals surface area (Å²) < 4.78 is 31.0. The first-order valence-corrected chi connectivity index (χ1v) is 6.39. The number of nitrogens with one attached hydrogen (secondary N) is 1. The van der Waals surface area contributed by atoms with E-state index in [2.05, 4.69) is 26.5 Å². The van der Waals surface area contributed by atoms with Gasteiger partial charge in [-0.05, 0) is 35.0 Å². The van der Waals surface area contributed by atoms with Crippen LogP contribution in [0.4, 0.5) is 13.6 Å². The van der Waals surface area contributed by atoms with E-state index < -0.39 is 18.6 Å². The molecule has 1 N–H and O–H groups in total. The minimum atomic E-state index is -2.71. The maximum absolute atomic E-state index is 12.9. The van der Waals surface area contributed by atoms with E-state index in [1.54, 1.807) is 13.0 Å². The predicted molar refractivity (Wildman–Crippen MR) is 69.7 cm³/mol. The molecular formula is C11H8BrClF2N2O2. The molecule has 0 bridgehead atoms. The van der Waals surface area contributed by atoms with Gasteiger partial charge in [-0.3, -0.25) is 0 Å². The molecule has 4 nitrogen and oxygen atoms in total. The molecule has 0 saturated heterocycles. The van der Waals surface area contributed by atoms with E-state index in [-0.39, 0.29) is 10.6 Å². The third kappa shape index (κ3) is 2.87. The van der Waals surface area contributed by atoms with Crippen molar-refractivity contribution in [3.8, 4) is 0 Å². The van der Waals surface area contributed by atoms with Crippen molar-refractivity contribution in [3.63, 3.8) is 0 Å². The van der Waals surface area contributed by atoms with Crippen LogP contribution in [0.3, 0.4) is 0 Å². The van der Waals surface area contributed by atoms with E-state index in [1.807, 2.05) is 0 Å². The fourth-order valence-electron chi connectivity index (χ4n) is 1.66. The summed E-state index contributed by atoms with van der Waals surface area (Å²) in [5.74, 6) is 0. The zero-order valence-corrected chi connectivity index (χ0v) is 11.9. The van der Waals surface area contributed by atoms with Crippen LogP contribution in [0.25, 0.3) is 0 Å². The van der Waals surface area contributed by atoms with Crippen molar-refractivity contribution in [3.05, 3.63) is 32.8 Å². The average molecular weight is 354 g/mol. The highest BCUT2D eigenvalue weighted by molar-refractivity contribution is 9.10. The Morgan fingerprint density at radius 3 is 2.79 bits per heavy atom. The lowest BCUT2D eigenvalue weighted by Crippen LogP contribution is -2.37. The Labute approximate surface area is 120 Å². The molecule has 1 aromatic rings. The van der Waals surface area contributed by atoms with E-state index >= 15 is 0 Å². The van der Waals surface area contributed by atoms with Crippen molar-refractivity contribution in [2.75, 3.05) is 0 Å². The molecule has 1 atom stereocenters. The van der Waals surface area contributed by atoms with Crippen LogP contribution in [0.1, 0.15) is 24.5 Å². The summed E-state index contributed by atoms with van der Waals surface area (Å²) in [4.78, 5) is 11.0. The smallest absolute Gasteiger partial charge is 0.428 e. The van der Waals surface area contributed by atoms with Gasteiger partial charge in [0.05, 0.1) is 5.02 Å². The van der Waals surface area contributed by atoms with Gasteiger partial charge in [-0.1, -0.05) is 11.6 Å². The number of ether oxygens (including phenoxy) is 1. The number of halogens is 4. The van der Waals surface area contributed by atoms with E-state index in [9.17, 15) is 13.6 Å². The van der Waals surface area contributed by atoms with Gasteiger partial charge < -0.3 is 4.74 Å². The highest BCUT2D eigenvalue weighted by atomic mass is 79.9. The molecule has 1 heterocycles. The molecule has 1 amide bonds. The highest BCUT2D eigenvalue weighted by Crippen LogP contribution is 2.34. The molecule has 1 aromatic carbocycles. The SMILES string of the molecule is C[C@@H]1OC(=O)NN=C1c1cc(Br)c(Cl)c(C(F)F)c1. The van der Waals surface area contributed by atoms with Crippen molar-refractivity contribution in [1.29, 1.82) is 0 Å². The number of rotatable bonds is 2. The van der Waals surface area contributed by atoms with Crippen molar-refractivity contribution in [2.45, 2.75) is 19.5 Å². The van der Waals surface area contributed by atoms with Crippen molar-refractivity contribution < 1.29 is 18.3 Å². The molecule has 0 aromatic heterocycles. The molecule has 0 unspecified atom stereocenters. The van der Waals surface area contributed by atoms with Crippen LogP contribution >= 0.6 is 27.5 Å². The van der Waals surface area contributed by atoms with Crippen LogP contribution in [0.15, 0.2) is 21.7 Å². The molecule has 8 heteroatoms. The Balaban J connectivity index is 2.49. The van der Waals surface area contributed by atoms with E-state index in [1.165, 1.54) is 6.07 Å². The van der Waals surface area contributed by atoms with E-state index in [0.717, 1.165) is 0 Å². The van der Waals surface area contributed by atoms with Crippen LogP contribution < -0.4 is 5.43 Å². The van der Waals surface area contributed by atoms with Gasteiger partial charge in [0.2, 0.25) is 0 Å². The summed E-state index contributed by atoms with van der Waals surface area (Å²) in [7, 11) is 0. The van der Waals surface area contributed by atoms with Crippen molar-refractivity contribution >= 4 is 39.3 Å². The zero-order chi connectivity index (χ0) is 14.2. The first-order valence-electron chi connectivity index (χ1n) is 5.21. The minimum absolute atomic E-state index is 0.0484. The number of nitrogens with zero attached hydrogens (tertiary/aromatic N) is 1. The lowest BCUT2D eigenvalue weighted by atomic mass is 10.0. The minimum Gasteiger partial charge on any atom is -0.439 e. The van der Waals surface area contributed by atoms with Crippen LogP contribution in [-0.4, -0.2) is 17.9 Å². The molecular weight excluding hydrogens is 345 g/mol.